The van der Waals surface area contributed by atoms with Crippen LogP contribution in [0.25, 0.3) is 11.4 Å². The molecule has 92 valence electrons. The van der Waals surface area contributed by atoms with E-state index >= 15 is 0 Å². The summed E-state index contributed by atoms with van der Waals surface area (Å²) in [5, 5.41) is 0. The third-order valence-electron chi connectivity index (χ3n) is 3.02. The molecule has 2 heterocycles. The van der Waals surface area contributed by atoms with Crippen LogP contribution < -0.4 is 5.56 Å². The van der Waals surface area contributed by atoms with Crippen molar-refractivity contribution in [1.29, 1.82) is 0 Å². The lowest BCUT2D eigenvalue weighted by Gasteiger charge is -2.05. The minimum Gasteiger partial charge on any atom is -0.306 e. The summed E-state index contributed by atoms with van der Waals surface area (Å²) in [4.78, 5) is 19.4. The minimum atomic E-state index is 0.000529. The van der Waals surface area contributed by atoms with Crippen molar-refractivity contribution in [3.05, 3.63) is 49.8 Å². The minimum absolute atomic E-state index is 0.000529. The average Bonchev–Trinajstić information content (AvgIpc) is 2.81. The molecule has 0 amide bonds. The summed E-state index contributed by atoms with van der Waals surface area (Å²) in [6.07, 6.45) is 0. The van der Waals surface area contributed by atoms with Crippen molar-refractivity contribution in [2.75, 3.05) is 0 Å². The molecule has 0 saturated heterocycles. The van der Waals surface area contributed by atoms with Crippen molar-refractivity contribution in [3.8, 4) is 11.4 Å². The van der Waals surface area contributed by atoms with Gasteiger partial charge in [0.25, 0.3) is 5.56 Å². The van der Waals surface area contributed by atoms with Crippen LogP contribution in [0.3, 0.4) is 0 Å². The van der Waals surface area contributed by atoms with Gasteiger partial charge in [0.2, 0.25) is 0 Å². The van der Waals surface area contributed by atoms with Gasteiger partial charge >= 0.3 is 0 Å². The largest absolute Gasteiger partial charge is 0.306 e. The summed E-state index contributed by atoms with van der Waals surface area (Å²) in [7, 11) is 0. The third-order valence-corrected chi connectivity index (χ3v) is 4.88. The van der Waals surface area contributed by atoms with E-state index in [1.807, 2.05) is 25.1 Å². The Balaban J connectivity index is 2.15. The molecule has 0 atom stereocenters. The second-order valence-corrected chi connectivity index (χ2v) is 6.14. The number of aromatic nitrogens is 2. The predicted octanol–water partition coefficient (Wildman–Crippen LogP) is 3.25. The fourth-order valence-electron chi connectivity index (χ4n) is 1.99. The quantitative estimate of drug-likeness (QED) is 0.876. The third kappa shape index (κ3) is 2.01. The van der Waals surface area contributed by atoms with Gasteiger partial charge in [-0.1, -0.05) is 22.0 Å². The molecule has 0 spiro atoms. The first-order valence-electron chi connectivity index (χ1n) is 5.61. The molecular weight excluding hydrogens is 312 g/mol. The molecular formula is C13H11BrN2OS. The van der Waals surface area contributed by atoms with E-state index in [1.54, 1.807) is 11.8 Å². The zero-order valence-electron chi connectivity index (χ0n) is 9.79. The van der Waals surface area contributed by atoms with E-state index in [0.717, 1.165) is 38.4 Å². The molecule has 0 radical (unpaired) electrons. The summed E-state index contributed by atoms with van der Waals surface area (Å²) < 4.78 is 1.06. The fourth-order valence-corrected chi connectivity index (χ4v) is 3.27. The van der Waals surface area contributed by atoms with Gasteiger partial charge in [0.1, 0.15) is 5.82 Å². The SMILES string of the molecule is Cc1cc(-c2nc3c(c(=O)[nH]2)CSC3)ccc1Br. The first-order valence-corrected chi connectivity index (χ1v) is 7.56. The maximum Gasteiger partial charge on any atom is 0.255 e. The van der Waals surface area contributed by atoms with Gasteiger partial charge in [0, 0.05) is 27.1 Å². The van der Waals surface area contributed by atoms with E-state index < -0.39 is 0 Å². The Morgan fingerprint density at radius 1 is 1.39 bits per heavy atom. The topological polar surface area (TPSA) is 45.8 Å². The van der Waals surface area contributed by atoms with Crippen LogP contribution >= 0.6 is 27.7 Å². The van der Waals surface area contributed by atoms with E-state index in [2.05, 4.69) is 25.9 Å². The molecule has 0 fully saturated rings. The molecule has 1 N–H and O–H groups in total. The van der Waals surface area contributed by atoms with Crippen LogP contribution in [0, 0.1) is 6.92 Å². The normalized spacial score (nSPS) is 13.7. The second kappa shape index (κ2) is 4.55. The van der Waals surface area contributed by atoms with Crippen molar-refractivity contribution >= 4 is 27.7 Å². The summed E-state index contributed by atoms with van der Waals surface area (Å²) >= 11 is 5.21. The molecule has 5 heteroatoms. The van der Waals surface area contributed by atoms with Gasteiger partial charge < -0.3 is 4.98 Å². The molecule has 0 saturated carbocycles. The maximum atomic E-state index is 11.9. The van der Waals surface area contributed by atoms with Crippen LogP contribution in [-0.2, 0) is 11.5 Å². The van der Waals surface area contributed by atoms with Crippen molar-refractivity contribution in [3.63, 3.8) is 0 Å². The number of aromatic amines is 1. The van der Waals surface area contributed by atoms with Crippen molar-refractivity contribution in [2.45, 2.75) is 18.4 Å². The van der Waals surface area contributed by atoms with Gasteiger partial charge in [0.05, 0.1) is 5.69 Å². The van der Waals surface area contributed by atoms with Gasteiger partial charge in [-0.25, -0.2) is 4.98 Å². The lowest BCUT2D eigenvalue weighted by Crippen LogP contribution is -2.15. The summed E-state index contributed by atoms with van der Waals surface area (Å²) in [5.41, 5.74) is 3.84. The van der Waals surface area contributed by atoms with Crippen molar-refractivity contribution in [2.24, 2.45) is 0 Å². The Kier molecular flexibility index (Phi) is 3.03. The smallest absolute Gasteiger partial charge is 0.255 e. The molecule has 0 unspecified atom stereocenters. The second-order valence-electron chi connectivity index (χ2n) is 4.30. The number of thioether (sulfide) groups is 1. The first-order chi connectivity index (χ1) is 8.65. The molecule has 0 bridgehead atoms. The zero-order valence-corrected chi connectivity index (χ0v) is 12.2. The standard InChI is InChI=1S/C13H11BrN2OS/c1-7-4-8(2-3-10(7)14)12-15-11-6-18-5-9(11)13(17)16-12/h2-4H,5-6H2,1H3,(H,15,16,17). The van der Waals surface area contributed by atoms with Crippen LogP contribution in [0.2, 0.25) is 0 Å². The van der Waals surface area contributed by atoms with Gasteiger partial charge in [-0.3, -0.25) is 4.79 Å². The van der Waals surface area contributed by atoms with Gasteiger partial charge in [-0.2, -0.15) is 11.8 Å². The molecule has 1 aliphatic rings. The number of aryl methyl sites for hydroxylation is 1. The van der Waals surface area contributed by atoms with Crippen molar-refractivity contribution < 1.29 is 0 Å². The number of fused-ring (bicyclic) bond motifs is 1. The molecule has 2 aromatic rings. The summed E-state index contributed by atoms with van der Waals surface area (Å²) in [5.74, 6) is 2.27. The van der Waals surface area contributed by atoms with Crippen molar-refractivity contribution in [1.82, 2.24) is 9.97 Å². The molecule has 3 rings (SSSR count). The van der Waals surface area contributed by atoms with Crippen LogP contribution in [0.4, 0.5) is 0 Å². The van der Waals surface area contributed by atoms with E-state index in [4.69, 9.17) is 0 Å². The molecule has 0 aliphatic carbocycles. The number of benzene rings is 1. The van der Waals surface area contributed by atoms with Gasteiger partial charge in [-0.05, 0) is 24.6 Å². The van der Waals surface area contributed by atoms with Crippen LogP contribution in [0.15, 0.2) is 27.5 Å². The first kappa shape index (κ1) is 12.0. The molecule has 1 aromatic heterocycles. The highest BCUT2D eigenvalue weighted by Crippen LogP contribution is 2.28. The maximum absolute atomic E-state index is 11.9. The molecule has 18 heavy (non-hydrogen) atoms. The highest BCUT2D eigenvalue weighted by atomic mass is 79.9. The number of halogens is 1. The summed E-state index contributed by atoms with van der Waals surface area (Å²) in [6, 6.07) is 5.97. The number of hydrogen-bond acceptors (Lipinski definition) is 3. The zero-order chi connectivity index (χ0) is 12.7. The Hall–Kier alpha value is -1.07. The predicted molar refractivity (Wildman–Crippen MR) is 77.7 cm³/mol. The van der Waals surface area contributed by atoms with Crippen LogP contribution in [0.5, 0.6) is 0 Å². The Morgan fingerprint density at radius 3 is 3.00 bits per heavy atom. The Labute approximate surface area is 117 Å². The lowest BCUT2D eigenvalue weighted by atomic mass is 10.1. The highest BCUT2D eigenvalue weighted by molar-refractivity contribution is 9.10. The Bertz CT molecular complexity index is 681. The molecule has 3 nitrogen and oxygen atoms in total. The molecule has 1 aliphatic heterocycles. The fraction of sp³-hybridized carbons (Fsp3) is 0.231. The monoisotopic (exact) mass is 322 g/mol. The highest BCUT2D eigenvalue weighted by Gasteiger charge is 2.18. The van der Waals surface area contributed by atoms with Crippen LogP contribution in [-0.4, -0.2) is 9.97 Å². The average molecular weight is 323 g/mol. The lowest BCUT2D eigenvalue weighted by molar-refractivity contribution is 1.03. The number of hydrogen-bond donors (Lipinski definition) is 1. The van der Waals surface area contributed by atoms with Gasteiger partial charge in [0.15, 0.2) is 0 Å². The number of nitrogens with zero attached hydrogens (tertiary/aromatic N) is 1. The summed E-state index contributed by atoms with van der Waals surface area (Å²) in [6.45, 7) is 2.02. The van der Waals surface area contributed by atoms with E-state index in [1.165, 1.54) is 0 Å². The molecule has 1 aromatic carbocycles. The van der Waals surface area contributed by atoms with Gasteiger partial charge in [-0.15, -0.1) is 0 Å². The number of H-pyrrole nitrogens is 1. The number of nitrogens with one attached hydrogen (secondary N) is 1. The van der Waals surface area contributed by atoms with E-state index in [0.29, 0.717) is 5.82 Å². The van der Waals surface area contributed by atoms with E-state index in [-0.39, 0.29) is 5.56 Å². The van der Waals surface area contributed by atoms with E-state index in [9.17, 15) is 4.79 Å². The van der Waals surface area contributed by atoms with Crippen LogP contribution in [0.1, 0.15) is 16.8 Å². The number of rotatable bonds is 1. The Morgan fingerprint density at radius 2 is 2.22 bits per heavy atom.